The monoisotopic (exact) mass is 403 g/mol. The van der Waals surface area contributed by atoms with Gasteiger partial charge in [0, 0.05) is 34.0 Å². The Morgan fingerprint density at radius 2 is 2.04 bits per heavy atom. The molecule has 27 heavy (non-hydrogen) atoms. The number of anilines is 1. The number of amides is 1. The third-order valence-corrected chi connectivity index (χ3v) is 5.35. The van der Waals surface area contributed by atoms with E-state index in [1.807, 2.05) is 24.3 Å². The van der Waals surface area contributed by atoms with Crippen LogP contribution in [0.4, 0.5) is 11.4 Å². The first-order chi connectivity index (χ1) is 13.0. The van der Waals surface area contributed by atoms with Gasteiger partial charge in [-0.25, -0.2) is 0 Å². The average Bonchev–Trinajstić information content (AvgIpc) is 2.67. The summed E-state index contributed by atoms with van der Waals surface area (Å²) in [5.41, 5.74) is 1.92. The highest BCUT2D eigenvalue weighted by atomic mass is 35.5. The van der Waals surface area contributed by atoms with Gasteiger partial charge in [0.05, 0.1) is 4.92 Å². The molecule has 2 aromatic carbocycles. The highest BCUT2D eigenvalue weighted by Crippen LogP contribution is 2.44. The van der Waals surface area contributed by atoms with Gasteiger partial charge in [0.15, 0.2) is 11.2 Å². The number of nitrogens with zero attached hydrogens (tertiary/aromatic N) is 3. The van der Waals surface area contributed by atoms with E-state index in [0.717, 1.165) is 11.3 Å². The molecule has 1 amide bonds. The number of benzene rings is 2. The van der Waals surface area contributed by atoms with Crippen LogP contribution in [0, 0.1) is 10.1 Å². The molecule has 2 aliphatic rings. The maximum absolute atomic E-state index is 12.8. The molecule has 2 atom stereocenters. The van der Waals surface area contributed by atoms with Crippen LogP contribution in [0.5, 0.6) is 0 Å². The van der Waals surface area contributed by atoms with E-state index in [1.54, 1.807) is 11.3 Å². The molecule has 4 rings (SSSR count). The molecule has 2 aromatic rings. The molecule has 0 aromatic heterocycles. The van der Waals surface area contributed by atoms with Gasteiger partial charge in [0.2, 0.25) is 0 Å². The van der Waals surface area contributed by atoms with Gasteiger partial charge >= 0.3 is 0 Å². The fourth-order valence-electron chi connectivity index (χ4n) is 3.22. The van der Waals surface area contributed by atoms with Crippen molar-refractivity contribution in [2.75, 3.05) is 11.6 Å². The summed E-state index contributed by atoms with van der Waals surface area (Å²) < 4.78 is 0. The Labute approximate surface area is 163 Å². The van der Waals surface area contributed by atoms with Gasteiger partial charge in [-0.1, -0.05) is 41.6 Å². The van der Waals surface area contributed by atoms with Crippen LogP contribution in [-0.4, -0.2) is 27.3 Å². The van der Waals surface area contributed by atoms with Gasteiger partial charge in [-0.3, -0.25) is 19.9 Å². The third-order valence-electron chi connectivity index (χ3n) is 4.44. The minimum atomic E-state index is -0.668. The predicted octanol–water partition coefficient (Wildman–Crippen LogP) is 3.48. The van der Waals surface area contributed by atoms with E-state index < -0.39 is 17.1 Å². The van der Waals surface area contributed by atoms with Crippen molar-refractivity contribution in [3.05, 3.63) is 68.7 Å². The Kier molecular flexibility index (Phi) is 4.40. The van der Waals surface area contributed by atoms with Gasteiger partial charge in [-0.15, -0.1) is 5.10 Å². The van der Waals surface area contributed by atoms with Crippen molar-refractivity contribution in [3.8, 4) is 0 Å². The number of hydrogen-bond donors (Lipinski definition) is 2. The van der Waals surface area contributed by atoms with Gasteiger partial charge < -0.3 is 10.6 Å². The Balaban J connectivity index is 1.89. The number of nitro benzene ring substituents is 1. The summed E-state index contributed by atoms with van der Waals surface area (Å²) >= 11 is 7.66. The molecular formula is C17H14ClN5O3S. The minimum absolute atomic E-state index is 0.0814. The molecule has 138 valence electrons. The van der Waals surface area contributed by atoms with Gasteiger partial charge in [0.1, 0.15) is 6.17 Å². The van der Waals surface area contributed by atoms with Crippen molar-refractivity contribution in [2.24, 2.45) is 5.10 Å². The number of non-ortho nitro benzene ring substituents is 1. The minimum Gasteiger partial charge on any atom is -0.360 e. The SMILES string of the molecule is CSC1=NN2[C@@H](c3cc([N+](=O)[O-])ccc3Cl)Nc3ccccc3[C@@H]2C(=O)N1. The molecule has 0 bridgehead atoms. The molecule has 0 saturated carbocycles. The van der Waals surface area contributed by atoms with E-state index in [1.165, 1.54) is 30.0 Å². The number of hydrogen-bond acceptors (Lipinski definition) is 7. The van der Waals surface area contributed by atoms with Crippen LogP contribution in [0.15, 0.2) is 47.6 Å². The molecular weight excluding hydrogens is 390 g/mol. The number of amidine groups is 1. The van der Waals surface area contributed by atoms with Gasteiger partial charge in [-0.05, 0) is 18.4 Å². The number of hydrazone groups is 1. The number of para-hydroxylation sites is 1. The van der Waals surface area contributed by atoms with Crippen molar-refractivity contribution in [1.29, 1.82) is 0 Å². The Hall–Kier alpha value is -2.78. The molecule has 0 fully saturated rings. The van der Waals surface area contributed by atoms with Crippen LogP contribution in [0.25, 0.3) is 0 Å². The summed E-state index contributed by atoms with van der Waals surface area (Å²) in [6, 6.07) is 11.0. The lowest BCUT2D eigenvalue weighted by Gasteiger charge is -2.43. The number of nitrogens with one attached hydrogen (secondary N) is 2. The van der Waals surface area contributed by atoms with Crippen molar-refractivity contribution < 1.29 is 9.72 Å². The largest absolute Gasteiger partial charge is 0.360 e. The Bertz CT molecular complexity index is 983. The number of carbonyl (C=O) groups is 1. The summed E-state index contributed by atoms with van der Waals surface area (Å²) in [6.45, 7) is 0. The quantitative estimate of drug-likeness (QED) is 0.588. The molecule has 2 aliphatic heterocycles. The fourth-order valence-corrected chi connectivity index (χ4v) is 3.82. The van der Waals surface area contributed by atoms with Crippen LogP contribution >= 0.6 is 23.4 Å². The van der Waals surface area contributed by atoms with Crippen LogP contribution in [0.1, 0.15) is 23.3 Å². The summed E-state index contributed by atoms with van der Waals surface area (Å²) in [5, 5.41) is 24.2. The van der Waals surface area contributed by atoms with Gasteiger partial charge in [-0.2, -0.15) is 0 Å². The molecule has 0 spiro atoms. The molecule has 0 saturated heterocycles. The van der Waals surface area contributed by atoms with Crippen LogP contribution in [0.3, 0.4) is 0 Å². The van der Waals surface area contributed by atoms with Crippen LogP contribution in [-0.2, 0) is 4.79 Å². The van der Waals surface area contributed by atoms with E-state index in [4.69, 9.17) is 11.6 Å². The number of rotatable bonds is 2. The van der Waals surface area contributed by atoms with E-state index in [-0.39, 0.29) is 11.6 Å². The first-order valence-electron chi connectivity index (χ1n) is 8.00. The van der Waals surface area contributed by atoms with Gasteiger partial charge in [0.25, 0.3) is 11.6 Å². The van der Waals surface area contributed by atoms with Crippen molar-refractivity contribution in [2.45, 2.75) is 12.2 Å². The number of thioether (sulfide) groups is 1. The normalized spacial score (nSPS) is 20.7. The third kappa shape index (κ3) is 2.98. The zero-order chi connectivity index (χ0) is 19.1. The molecule has 10 heteroatoms. The maximum atomic E-state index is 12.8. The standard InChI is InChI=1S/C17H14ClN5O3S/c1-27-17-20-16(24)14-10-4-2-3-5-13(10)19-15(22(14)21-17)11-8-9(23(25)26)6-7-12(11)18/h2-8,14-15,19H,1H3,(H,20,21,24)/t14-,15+/m1/s1. The molecule has 2 N–H and O–H groups in total. The number of halogens is 1. The topological polar surface area (TPSA) is 99.9 Å². The molecule has 0 unspecified atom stereocenters. The highest BCUT2D eigenvalue weighted by molar-refractivity contribution is 8.13. The fraction of sp³-hybridized carbons (Fsp3) is 0.176. The van der Waals surface area contributed by atoms with Crippen molar-refractivity contribution in [1.82, 2.24) is 10.3 Å². The summed E-state index contributed by atoms with van der Waals surface area (Å²) in [7, 11) is 0. The Morgan fingerprint density at radius 1 is 1.26 bits per heavy atom. The summed E-state index contributed by atoms with van der Waals surface area (Å²) in [4.78, 5) is 23.5. The van der Waals surface area contributed by atoms with Crippen LogP contribution in [0.2, 0.25) is 5.02 Å². The summed E-state index contributed by atoms with van der Waals surface area (Å²) in [5.74, 6) is -0.213. The molecule has 0 radical (unpaired) electrons. The van der Waals surface area contributed by atoms with E-state index in [2.05, 4.69) is 15.7 Å². The molecule has 0 aliphatic carbocycles. The van der Waals surface area contributed by atoms with Crippen LogP contribution < -0.4 is 10.6 Å². The first-order valence-corrected chi connectivity index (χ1v) is 9.61. The lowest BCUT2D eigenvalue weighted by molar-refractivity contribution is -0.384. The zero-order valence-electron chi connectivity index (χ0n) is 14.0. The first kappa shape index (κ1) is 17.6. The lowest BCUT2D eigenvalue weighted by Crippen LogP contribution is -2.50. The van der Waals surface area contributed by atoms with Crippen molar-refractivity contribution in [3.63, 3.8) is 0 Å². The second-order valence-electron chi connectivity index (χ2n) is 5.98. The average molecular weight is 404 g/mol. The molecule has 2 heterocycles. The highest BCUT2D eigenvalue weighted by Gasteiger charge is 2.42. The number of fused-ring (bicyclic) bond motifs is 3. The predicted molar refractivity (Wildman–Crippen MR) is 105 cm³/mol. The second-order valence-corrected chi connectivity index (χ2v) is 7.18. The van der Waals surface area contributed by atoms with Crippen molar-refractivity contribution >= 4 is 45.8 Å². The smallest absolute Gasteiger partial charge is 0.269 e. The maximum Gasteiger partial charge on any atom is 0.269 e. The van der Waals surface area contributed by atoms with E-state index >= 15 is 0 Å². The lowest BCUT2D eigenvalue weighted by atomic mass is 9.97. The zero-order valence-corrected chi connectivity index (χ0v) is 15.6. The second kappa shape index (κ2) is 6.75. The summed E-state index contributed by atoms with van der Waals surface area (Å²) in [6.07, 6.45) is 1.17. The Morgan fingerprint density at radius 3 is 2.78 bits per heavy atom. The molecule has 8 nitrogen and oxygen atoms in total. The number of nitro groups is 1. The number of carbonyl (C=O) groups excluding carboxylic acids is 1. The van der Waals surface area contributed by atoms with E-state index in [0.29, 0.717) is 15.8 Å². The van der Waals surface area contributed by atoms with E-state index in [9.17, 15) is 14.9 Å².